The van der Waals surface area contributed by atoms with Crippen molar-refractivity contribution in [1.82, 2.24) is 5.16 Å². The number of anilines is 1. The number of ketones is 1. The van der Waals surface area contributed by atoms with Gasteiger partial charge in [0.25, 0.3) is 5.78 Å². The van der Waals surface area contributed by atoms with Gasteiger partial charge in [-0.1, -0.05) is 33.2 Å². The van der Waals surface area contributed by atoms with Crippen molar-refractivity contribution in [3.05, 3.63) is 75.5 Å². The largest absolute Gasteiger partial charge is 0.507 e. The molecule has 0 aliphatic carbocycles. The first-order valence-corrected chi connectivity index (χ1v) is 10.4. The van der Waals surface area contributed by atoms with Crippen LogP contribution >= 0.6 is 15.9 Å². The molecule has 1 unspecified atom stereocenters. The van der Waals surface area contributed by atoms with E-state index in [1.165, 1.54) is 19.1 Å². The molecule has 1 aliphatic heterocycles. The van der Waals surface area contributed by atoms with Gasteiger partial charge in [0.2, 0.25) is 0 Å². The Morgan fingerprint density at radius 3 is 2.47 bits per heavy atom. The van der Waals surface area contributed by atoms with Gasteiger partial charge in [0.15, 0.2) is 17.3 Å². The summed E-state index contributed by atoms with van der Waals surface area (Å²) >= 11 is 3.42. The molecule has 1 N–H and O–H groups in total. The maximum atomic E-state index is 13.1. The first kappa shape index (κ1) is 21.6. The number of benzene rings is 2. The molecule has 9 heteroatoms. The van der Waals surface area contributed by atoms with Crippen molar-refractivity contribution >= 4 is 39.2 Å². The minimum absolute atomic E-state index is 0.0685. The fourth-order valence-electron chi connectivity index (χ4n) is 3.67. The summed E-state index contributed by atoms with van der Waals surface area (Å²) < 4.78 is 16.4. The monoisotopic (exact) mass is 498 g/mol. The number of aryl methyl sites for hydroxylation is 1. The van der Waals surface area contributed by atoms with Gasteiger partial charge in [-0.15, -0.1) is 0 Å². The van der Waals surface area contributed by atoms with E-state index in [9.17, 15) is 14.7 Å². The molecule has 0 radical (unpaired) electrons. The van der Waals surface area contributed by atoms with Gasteiger partial charge in [0, 0.05) is 16.1 Å². The molecule has 1 aliphatic rings. The van der Waals surface area contributed by atoms with E-state index in [0.717, 1.165) is 4.47 Å². The van der Waals surface area contributed by atoms with Crippen molar-refractivity contribution in [3.8, 4) is 11.5 Å². The first-order chi connectivity index (χ1) is 15.3. The molecule has 0 saturated carbocycles. The summed E-state index contributed by atoms with van der Waals surface area (Å²) in [4.78, 5) is 27.4. The number of carbonyl (C=O) groups is 2. The van der Waals surface area contributed by atoms with E-state index in [1.54, 1.807) is 49.4 Å². The lowest BCUT2D eigenvalue weighted by molar-refractivity contribution is -0.132. The number of halogens is 1. The fraction of sp³-hybridized carbons (Fsp3) is 0.174. The van der Waals surface area contributed by atoms with E-state index in [2.05, 4.69) is 21.1 Å². The molecule has 1 aromatic heterocycles. The summed E-state index contributed by atoms with van der Waals surface area (Å²) in [6.45, 7) is 1.69. The second kappa shape index (κ2) is 8.51. The number of Topliss-reactive ketones (excluding diaryl/α,β-unsaturated/α-hetero) is 1. The minimum Gasteiger partial charge on any atom is -0.507 e. The molecule has 0 spiro atoms. The summed E-state index contributed by atoms with van der Waals surface area (Å²) in [6, 6.07) is 12.5. The van der Waals surface area contributed by atoms with Gasteiger partial charge in [-0.2, -0.15) is 0 Å². The van der Waals surface area contributed by atoms with Crippen molar-refractivity contribution in [2.45, 2.75) is 13.0 Å². The Morgan fingerprint density at radius 2 is 1.84 bits per heavy atom. The van der Waals surface area contributed by atoms with Gasteiger partial charge in [-0.05, 0) is 42.8 Å². The van der Waals surface area contributed by atoms with Gasteiger partial charge in [-0.3, -0.25) is 14.5 Å². The van der Waals surface area contributed by atoms with Crippen LogP contribution in [0.5, 0.6) is 11.5 Å². The molecule has 164 valence electrons. The number of nitrogens with zero attached hydrogens (tertiary/aromatic N) is 2. The van der Waals surface area contributed by atoms with Gasteiger partial charge < -0.3 is 19.1 Å². The summed E-state index contributed by atoms with van der Waals surface area (Å²) in [7, 11) is 2.96. The maximum absolute atomic E-state index is 13.1. The molecular weight excluding hydrogens is 480 g/mol. The van der Waals surface area contributed by atoms with E-state index >= 15 is 0 Å². The fourth-order valence-corrected chi connectivity index (χ4v) is 4.08. The van der Waals surface area contributed by atoms with Crippen LogP contribution < -0.4 is 14.4 Å². The van der Waals surface area contributed by atoms with Crippen LogP contribution in [-0.2, 0) is 9.59 Å². The zero-order chi connectivity index (χ0) is 23.0. The van der Waals surface area contributed by atoms with E-state index in [1.807, 2.05) is 6.07 Å². The SMILES string of the molecule is COc1ccc(/C(O)=C2\C(=O)C(=O)N(c3cc(C)on3)C2c2cccc(Br)c2)cc1OC. The molecule has 8 nitrogen and oxygen atoms in total. The van der Waals surface area contributed by atoms with Gasteiger partial charge in [-0.25, -0.2) is 0 Å². The normalized spacial score (nSPS) is 17.6. The number of rotatable bonds is 5. The number of ether oxygens (including phenoxy) is 2. The number of methoxy groups -OCH3 is 2. The van der Waals surface area contributed by atoms with E-state index in [-0.39, 0.29) is 17.2 Å². The van der Waals surface area contributed by atoms with Crippen LogP contribution in [-0.4, -0.2) is 36.2 Å². The standard InChI is InChI=1S/C23H19BrN2O6/c1-12-9-18(25-32-12)26-20(13-5-4-6-15(24)10-13)19(22(28)23(26)29)21(27)14-7-8-16(30-2)17(11-14)31-3/h4-11,20,27H,1-3H3/b21-19+. The maximum Gasteiger partial charge on any atom is 0.301 e. The van der Waals surface area contributed by atoms with Crippen LogP contribution in [0.25, 0.3) is 5.76 Å². The number of aliphatic hydroxyl groups excluding tert-OH is 1. The molecule has 32 heavy (non-hydrogen) atoms. The highest BCUT2D eigenvalue weighted by molar-refractivity contribution is 9.10. The molecule has 4 rings (SSSR count). The van der Waals surface area contributed by atoms with Crippen LogP contribution in [0.2, 0.25) is 0 Å². The summed E-state index contributed by atoms with van der Waals surface area (Å²) in [5.41, 5.74) is 0.846. The lowest BCUT2D eigenvalue weighted by Crippen LogP contribution is -2.29. The number of aromatic nitrogens is 1. The highest BCUT2D eigenvalue weighted by atomic mass is 79.9. The molecule has 0 bridgehead atoms. The summed E-state index contributed by atoms with van der Waals surface area (Å²) in [5, 5.41) is 15.1. The van der Waals surface area contributed by atoms with Crippen LogP contribution in [0.3, 0.4) is 0 Å². The summed E-state index contributed by atoms with van der Waals surface area (Å²) in [6.07, 6.45) is 0. The second-order valence-electron chi connectivity index (χ2n) is 7.09. The van der Waals surface area contributed by atoms with E-state index in [0.29, 0.717) is 28.4 Å². The van der Waals surface area contributed by atoms with Crippen molar-refractivity contribution in [2.24, 2.45) is 0 Å². The molecule has 3 aromatic rings. The molecule has 1 saturated heterocycles. The zero-order valence-electron chi connectivity index (χ0n) is 17.5. The topological polar surface area (TPSA) is 102 Å². The lowest BCUT2D eigenvalue weighted by Gasteiger charge is -2.23. The molecule has 2 aromatic carbocycles. The number of aliphatic hydroxyl groups is 1. The molecule has 2 heterocycles. The highest BCUT2D eigenvalue weighted by Gasteiger charge is 2.48. The third-order valence-electron chi connectivity index (χ3n) is 5.13. The molecule has 1 atom stereocenters. The summed E-state index contributed by atoms with van der Waals surface area (Å²) in [5.74, 6) is -0.482. The van der Waals surface area contributed by atoms with Crippen LogP contribution in [0.4, 0.5) is 5.82 Å². The Balaban J connectivity index is 1.94. The second-order valence-corrected chi connectivity index (χ2v) is 8.01. The minimum atomic E-state index is -0.912. The Hall–Kier alpha value is -3.59. The number of hydrogen-bond acceptors (Lipinski definition) is 7. The van der Waals surface area contributed by atoms with Crippen molar-refractivity contribution < 1.29 is 28.7 Å². The van der Waals surface area contributed by atoms with Gasteiger partial charge in [0.1, 0.15) is 11.5 Å². The van der Waals surface area contributed by atoms with Crippen LogP contribution in [0.1, 0.15) is 22.9 Å². The Labute approximate surface area is 192 Å². The van der Waals surface area contributed by atoms with Crippen LogP contribution in [0.15, 0.2) is 63.1 Å². The van der Waals surface area contributed by atoms with Crippen molar-refractivity contribution in [2.75, 3.05) is 19.1 Å². The quantitative estimate of drug-likeness (QED) is 0.316. The van der Waals surface area contributed by atoms with E-state index in [4.69, 9.17) is 14.0 Å². The first-order valence-electron chi connectivity index (χ1n) is 9.58. The number of amides is 1. The number of hydrogen-bond donors (Lipinski definition) is 1. The molecule has 1 fully saturated rings. The van der Waals surface area contributed by atoms with Crippen molar-refractivity contribution in [3.63, 3.8) is 0 Å². The Bertz CT molecular complexity index is 1250. The van der Waals surface area contributed by atoms with Crippen molar-refractivity contribution in [1.29, 1.82) is 0 Å². The number of carbonyl (C=O) groups excluding carboxylic acids is 2. The molecule has 1 amide bonds. The third kappa shape index (κ3) is 3.64. The van der Waals surface area contributed by atoms with Crippen LogP contribution in [0, 0.1) is 6.92 Å². The highest BCUT2D eigenvalue weighted by Crippen LogP contribution is 2.43. The Morgan fingerprint density at radius 1 is 1.09 bits per heavy atom. The average molecular weight is 499 g/mol. The predicted octanol–water partition coefficient (Wildman–Crippen LogP) is 4.39. The Kier molecular flexibility index (Phi) is 5.75. The predicted molar refractivity (Wildman–Crippen MR) is 120 cm³/mol. The lowest BCUT2D eigenvalue weighted by atomic mass is 9.95. The zero-order valence-corrected chi connectivity index (χ0v) is 19.0. The average Bonchev–Trinajstić information content (AvgIpc) is 3.33. The van der Waals surface area contributed by atoms with Gasteiger partial charge in [0.05, 0.1) is 25.8 Å². The van der Waals surface area contributed by atoms with E-state index < -0.39 is 17.7 Å². The molecular formula is C23H19BrN2O6. The third-order valence-corrected chi connectivity index (χ3v) is 5.62. The smallest absolute Gasteiger partial charge is 0.301 e. The van der Waals surface area contributed by atoms with Gasteiger partial charge >= 0.3 is 5.91 Å².